The lowest BCUT2D eigenvalue weighted by Crippen LogP contribution is -2.05. The zero-order valence-corrected chi connectivity index (χ0v) is 29.8. The summed E-state index contributed by atoms with van der Waals surface area (Å²) in [4.78, 5) is 4.80. The zero-order valence-electron chi connectivity index (χ0n) is 29.8. The Hall–Kier alpha value is -5.16. The average molecular weight is 647 g/mol. The summed E-state index contributed by atoms with van der Waals surface area (Å²) in [6, 6.07) is 27.4. The van der Waals surface area contributed by atoms with Crippen molar-refractivity contribution in [2.24, 2.45) is 0 Å². The smallest absolute Gasteiger partial charge is 0.137 e. The summed E-state index contributed by atoms with van der Waals surface area (Å²) in [6.07, 6.45) is 10.5. The Morgan fingerprint density at radius 1 is 0.714 bits per heavy atom. The number of rotatable bonds is 10. The molecule has 49 heavy (non-hydrogen) atoms. The van der Waals surface area contributed by atoms with Crippen LogP contribution in [0, 0.1) is 20.8 Å². The largest absolute Gasteiger partial charge is 0.457 e. The van der Waals surface area contributed by atoms with Crippen LogP contribution in [0.4, 0.5) is 0 Å². The van der Waals surface area contributed by atoms with E-state index in [1.54, 1.807) is 0 Å². The minimum absolute atomic E-state index is 0.411. The standard InChI is InChI=1S/C44H46N4O/c1-8-13-37-30(6)29(5)31(7)38(14-9-2)44(37)33-26-46-47(27-33)34-15-12-16-35(24-34)49-36-19-20-40-39-17-10-11-18-41(39)48(42(40)25-36)43-23-32(28(3)4)21-22-45-43/h10-12,15-28H,8-9,13-14H2,1-7H3. The number of hydrogen-bond acceptors (Lipinski definition) is 3. The summed E-state index contributed by atoms with van der Waals surface area (Å²) in [5.74, 6) is 2.86. The quantitative estimate of drug-likeness (QED) is 0.149. The molecule has 3 heterocycles. The van der Waals surface area contributed by atoms with Gasteiger partial charge in [-0.2, -0.15) is 5.10 Å². The normalized spacial score (nSPS) is 11.7. The number of hydrogen-bond donors (Lipinski definition) is 0. The number of ether oxygens (including phenoxy) is 1. The molecule has 0 aliphatic heterocycles. The molecule has 7 rings (SSSR count). The Morgan fingerprint density at radius 2 is 1.43 bits per heavy atom. The minimum Gasteiger partial charge on any atom is -0.457 e. The number of para-hydroxylation sites is 1. The Kier molecular flexibility index (Phi) is 8.85. The molecule has 0 N–H and O–H groups in total. The van der Waals surface area contributed by atoms with E-state index in [0.717, 1.165) is 59.7 Å². The van der Waals surface area contributed by atoms with Gasteiger partial charge >= 0.3 is 0 Å². The van der Waals surface area contributed by atoms with E-state index in [4.69, 9.17) is 14.8 Å². The Balaban J connectivity index is 1.26. The molecule has 0 bridgehead atoms. The highest BCUT2D eigenvalue weighted by Gasteiger charge is 2.20. The maximum Gasteiger partial charge on any atom is 0.137 e. The van der Waals surface area contributed by atoms with Crippen molar-refractivity contribution in [3.63, 3.8) is 0 Å². The third kappa shape index (κ3) is 5.92. The van der Waals surface area contributed by atoms with Crippen molar-refractivity contribution in [2.45, 2.75) is 80.1 Å². The van der Waals surface area contributed by atoms with Gasteiger partial charge in [-0.1, -0.05) is 64.8 Å². The molecule has 248 valence electrons. The van der Waals surface area contributed by atoms with Gasteiger partial charge in [-0.15, -0.1) is 0 Å². The molecule has 4 aromatic carbocycles. The van der Waals surface area contributed by atoms with Crippen molar-refractivity contribution in [3.05, 3.63) is 131 Å². The Morgan fingerprint density at radius 3 is 2.16 bits per heavy atom. The van der Waals surface area contributed by atoms with Crippen molar-refractivity contribution in [1.29, 1.82) is 0 Å². The topological polar surface area (TPSA) is 44.9 Å². The molecule has 0 radical (unpaired) electrons. The average Bonchev–Trinajstić information content (AvgIpc) is 3.73. The minimum atomic E-state index is 0.411. The van der Waals surface area contributed by atoms with Crippen LogP contribution in [0.1, 0.15) is 79.8 Å². The van der Waals surface area contributed by atoms with Crippen LogP contribution in [0.25, 0.3) is 44.4 Å². The van der Waals surface area contributed by atoms with Gasteiger partial charge in [-0.05, 0) is 121 Å². The van der Waals surface area contributed by atoms with Gasteiger partial charge in [0.2, 0.25) is 0 Å². The van der Waals surface area contributed by atoms with Crippen molar-refractivity contribution in [2.75, 3.05) is 0 Å². The predicted octanol–water partition coefficient (Wildman–Crippen LogP) is 11.8. The van der Waals surface area contributed by atoms with Crippen molar-refractivity contribution < 1.29 is 4.74 Å². The number of fused-ring (bicyclic) bond motifs is 3. The number of nitrogens with zero attached hydrogens (tertiary/aromatic N) is 4. The first-order chi connectivity index (χ1) is 23.8. The molecule has 7 aromatic rings. The first-order valence-corrected chi connectivity index (χ1v) is 17.7. The lowest BCUT2D eigenvalue weighted by atomic mass is 9.83. The van der Waals surface area contributed by atoms with Crippen LogP contribution in [-0.4, -0.2) is 19.3 Å². The summed E-state index contributed by atoms with van der Waals surface area (Å²) < 4.78 is 10.8. The van der Waals surface area contributed by atoms with Gasteiger partial charge in [0, 0.05) is 40.9 Å². The van der Waals surface area contributed by atoms with Crippen LogP contribution in [0.2, 0.25) is 0 Å². The molecule has 5 heteroatoms. The van der Waals surface area contributed by atoms with E-state index in [9.17, 15) is 0 Å². The molecule has 3 aromatic heterocycles. The molecule has 0 saturated heterocycles. The van der Waals surface area contributed by atoms with Crippen molar-refractivity contribution in [1.82, 2.24) is 19.3 Å². The molecule has 0 amide bonds. The summed E-state index contributed by atoms with van der Waals surface area (Å²) in [6.45, 7) is 15.8. The third-order valence-electron chi connectivity index (χ3n) is 10.1. The van der Waals surface area contributed by atoms with Gasteiger partial charge in [0.1, 0.15) is 17.3 Å². The SMILES string of the molecule is CCCc1c(C)c(C)c(C)c(CCC)c1-c1cnn(-c2cccc(Oc3ccc4c5ccccc5n(-c5cc(C(C)C)ccn5)c4c3)c2)c1. The van der Waals surface area contributed by atoms with Gasteiger partial charge in [-0.3, -0.25) is 4.57 Å². The molecule has 5 nitrogen and oxygen atoms in total. The first kappa shape index (κ1) is 32.4. The summed E-state index contributed by atoms with van der Waals surface area (Å²) in [5.41, 5.74) is 14.1. The molecular weight excluding hydrogens is 601 g/mol. The van der Waals surface area contributed by atoms with E-state index < -0.39 is 0 Å². The fourth-order valence-electron chi connectivity index (χ4n) is 7.36. The summed E-state index contributed by atoms with van der Waals surface area (Å²) in [5, 5.41) is 7.24. The van der Waals surface area contributed by atoms with Gasteiger partial charge in [0.05, 0.1) is 22.9 Å². The lowest BCUT2D eigenvalue weighted by Gasteiger charge is -2.22. The van der Waals surface area contributed by atoms with Gasteiger partial charge < -0.3 is 4.74 Å². The van der Waals surface area contributed by atoms with Crippen LogP contribution >= 0.6 is 0 Å². The second-order valence-electron chi connectivity index (χ2n) is 13.6. The summed E-state index contributed by atoms with van der Waals surface area (Å²) >= 11 is 0. The van der Waals surface area contributed by atoms with E-state index in [0.29, 0.717) is 5.92 Å². The van der Waals surface area contributed by atoms with E-state index in [1.807, 2.05) is 29.2 Å². The van der Waals surface area contributed by atoms with E-state index in [2.05, 4.69) is 126 Å². The molecular formula is C44H46N4O. The second kappa shape index (κ2) is 13.4. The van der Waals surface area contributed by atoms with Crippen molar-refractivity contribution in [3.8, 4) is 34.1 Å². The van der Waals surface area contributed by atoms with Crippen LogP contribution in [-0.2, 0) is 12.8 Å². The molecule has 0 unspecified atom stereocenters. The number of benzene rings is 4. The third-order valence-corrected chi connectivity index (χ3v) is 10.1. The first-order valence-electron chi connectivity index (χ1n) is 17.7. The van der Waals surface area contributed by atoms with Gasteiger partial charge in [0.15, 0.2) is 0 Å². The van der Waals surface area contributed by atoms with E-state index >= 15 is 0 Å². The molecule has 0 aliphatic rings. The predicted molar refractivity (Wildman–Crippen MR) is 204 cm³/mol. The highest BCUT2D eigenvalue weighted by molar-refractivity contribution is 6.09. The highest BCUT2D eigenvalue weighted by Crippen LogP contribution is 2.38. The fraction of sp³-hybridized carbons (Fsp3) is 0.273. The monoisotopic (exact) mass is 646 g/mol. The molecule has 0 atom stereocenters. The molecule has 0 aliphatic carbocycles. The maximum absolute atomic E-state index is 6.56. The highest BCUT2D eigenvalue weighted by atomic mass is 16.5. The van der Waals surface area contributed by atoms with Crippen LogP contribution in [0.5, 0.6) is 11.5 Å². The van der Waals surface area contributed by atoms with E-state index in [-0.39, 0.29) is 0 Å². The molecule has 0 saturated carbocycles. The zero-order chi connectivity index (χ0) is 34.2. The maximum atomic E-state index is 6.56. The lowest BCUT2D eigenvalue weighted by molar-refractivity contribution is 0.483. The Labute approximate surface area is 290 Å². The van der Waals surface area contributed by atoms with E-state index in [1.165, 1.54) is 55.3 Å². The summed E-state index contributed by atoms with van der Waals surface area (Å²) in [7, 11) is 0. The fourth-order valence-corrected chi connectivity index (χ4v) is 7.36. The molecule has 0 fully saturated rings. The number of pyridine rings is 1. The van der Waals surface area contributed by atoms with Gasteiger partial charge in [0.25, 0.3) is 0 Å². The second-order valence-corrected chi connectivity index (χ2v) is 13.6. The van der Waals surface area contributed by atoms with Crippen molar-refractivity contribution >= 4 is 21.8 Å². The number of aromatic nitrogens is 4. The van der Waals surface area contributed by atoms with Crippen LogP contribution in [0.3, 0.4) is 0 Å². The van der Waals surface area contributed by atoms with Gasteiger partial charge in [-0.25, -0.2) is 9.67 Å². The van der Waals surface area contributed by atoms with Crippen LogP contribution < -0.4 is 4.74 Å². The Bertz CT molecular complexity index is 2270. The molecule has 0 spiro atoms. The van der Waals surface area contributed by atoms with Crippen LogP contribution in [0.15, 0.2) is 97.5 Å².